The van der Waals surface area contributed by atoms with Crippen molar-refractivity contribution in [2.45, 2.75) is 26.3 Å². The molecule has 5 heteroatoms. The monoisotopic (exact) mass is 224 g/mol. The first kappa shape index (κ1) is 12.4. The minimum atomic E-state index is -1.03. The number of carbonyl (C=O) groups is 1. The van der Waals surface area contributed by atoms with Gasteiger partial charge >= 0.3 is 5.97 Å². The Balaban J connectivity index is 3.02. The van der Waals surface area contributed by atoms with Crippen LogP contribution in [0.3, 0.4) is 0 Å². The number of rotatable bonds is 4. The fourth-order valence-corrected chi connectivity index (χ4v) is 1.57. The van der Waals surface area contributed by atoms with E-state index < -0.39 is 12.0 Å². The highest BCUT2D eigenvalue weighted by Crippen LogP contribution is 2.24. The predicted octanol–water partition coefficient (Wildman–Crippen LogP) is 0.661. The molecule has 0 unspecified atom stereocenters. The summed E-state index contributed by atoms with van der Waals surface area (Å²) in [6.45, 7) is 3.74. The number of ether oxygens (including phenoxy) is 1. The molecule has 1 aromatic heterocycles. The zero-order valence-electron chi connectivity index (χ0n) is 9.65. The molecule has 0 aliphatic rings. The number of hydrogen-bond acceptors (Lipinski definition) is 4. The first-order valence-corrected chi connectivity index (χ1v) is 4.94. The maximum atomic E-state index is 10.7. The minimum absolute atomic E-state index is 0.206. The second-order valence-electron chi connectivity index (χ2n) is 3.70. The van der Waals surface area contributed by atoms with Crippen molar-refractivity contribution in [2.75, 3.05) is 7.11 Å². The van der Waals surface area contributed by atoms with Crippen molar-refractivity contribution in [3.63, 3.8) is 0 Å². The lowest BCUT2D eigenvalue weighted by Gasteiger charge is -2.13. The lowest BCUT2D eigenvalue weighted by molar-refractivity contribution is -0.138. The topological polar surface area (TPSA) is 85.4 Å². The fourth-order valence-electron chi connectivity index (χ4n) is 1.57. The zero-order valence-corrected chi connectivity index (χ0v) is 9.65. The van der Waals surface area contributed by atoms with Crippen LogP contribution in [0.5, 0.6) is 5.75 Å². The number of methoxy groups -OCH3 is 1. The summed E-state index contributed by atoms with van der Waals surface area (Å²) in [5.74, 6) is -0.289. The minimum Gasteiger partial charge on any atom is -0.496 e. The molecule has 88 valence electrons. The summed E-state index contributed by atoms with van der Waals surface area (Å²) < 4.78 is 5.23. The van der Waals surface area contributed by atoms with Gasteiger partial charge < -0.3 is 15.6 Å². The molecule has 1 heterocycles. The van der Waals surface area contributed by atoms with Crippen molar-refractivity contribution < 1.29 is 14.6 Å². The van der Waals surface area contributed by atoms with Crippen LogP contribution in [0.25, 0.3) is 0 Å². The molecule has 1 atom stereocenters. The predicted molar refractivity (Wildman–Crippen MR) is 59.6 cm³/mol. The molecule has 5 nitrogen and oxygen atoms in total. The van der Waals surface area contributed by atoms with Crippen LogP contribution in [0.4, 0.5) is 0 Å². The number of pyridine rings is 1. The van der Waals surface area contributed by atoms with Gasteiger partial charge in [-0.3, -0.25) is 9.78 Å². The van der Waals surface area contributed by atoms with Gasteiger partial charge in [-0.2, -0.15) is 0 Å². The third-order valence-electron chi connectivity index (χ3n) is 2.48. The average molecular weight is 224 g/mol. The van der Waals surface area contributed by atoms with Gasteiger partial charge in [0.05, 0.1) is 7.11 Å². The number of aromatic nitrogens is 1. The standard InChI is InChI=1S/C11H16N2O3/c1-6-5-13-9(4-8(12)11(14)15)7(2)10(6)16-3/h5,8H,4,12H2,1-3H3,(H,14,15)/t8-/m0/s1. The van der Waals surface area contributed by atoms with Crippen molar-refractivity contribution >= 4 is 5.97 Å². The van der Waals surface area contributed by atoms with Crippen LogP contribution in [-0.2, 0) is 11.2 Å². The van der Waals surface area contributed by atoms with E-state index >= 15 is 0 Å². The Bertz CT molecular complexity index is 404. The first-order valence-electron chi connectivity index (χ1n) is 4.94. The Morgan fingerprint density at radius 3 is 2.75 bits per heavy atom. The maximum absolute atomic E-state index is 10.7. The van der Waals surface area contributed by atoms with Crippen LogP contribution in [0.1, 0.15) is 16.8 Å². The number of carboxylic acids is 1. The summed E-state index contributed by atoms with van der Waals surface area (Å²) in [6.07, 6.45) is 1.87. The molecule has 0 aliphatic carbocycles. The van der Waals surface area contributed by atoms with Gasteiger partial charge in [0.15, 0.2) is 0 Å². The van der Waals surface area contributed by atoms with Gasteiger partial charge in [-0.25, -0.2) is 0 Å². The normalized spacial score (nSPS) is 12.2. The number of hydrogen-bond donors (Lipinski definition) is 2. The van der Waals surface area contributed by atoms with E-state index in [2.05, 4.69) is 4.98 Å². The third kappa shape index (κ3) is 2.49. The van der Waals surface area contributed by atoms with E-state index in [0.29, 0.717) is 5.69 Å². The molecule has 0 spiro atoms. The van der Waals surface area contributed by atoms with Gasteiger partial charge in [0.2, 0.25) is 0 Å². The maximum Gasteiger partial charge on any atom is 0.320 e. The Hall–Kier alpha value is -1.62. The zero-order chi connectivity index (χ0) is 12.3. The SMILES string of the molecule is COc1c(C)cnc(C[C@H](N)C(=O)O)c1C. The van der Waals surface area contributed by atoms with Gasteiger partial charge in [-0.1, -0.05) is 0 Å². The third-order valence-corrected chi connectivity index (χ3v) is 2.48. The van der Waals surface area contributed by atoms with Gasteiger partial charge in [-0.15, -0.1) is 0 Å². The van der Waals surface area contributed by atoms with Crippen LogP contribution in [-0.4, -0.2) is 29.2 Å². The Kier molecular flexibility index (Phi) is 3.84. The summed E-state index contributed by atoms with van der Waals surface area (Å²) in [7, 11) is 1.58. The second kappa shape index (κ2) is 4.94. The van der Waals surface area contributed by atoms with Crippen molar-refractivity contribution in [3.8, 4) is 5.75 Å². The van der Waals surface area contributed by atoms with Crippen molar-refractivity contribution in [3.05, 3.63) is 23.0 Å². The summed E-state index contributed by atoms with van der Waals surface area (Å²) >= 11 is 0. The van der Waals surface area contributed by atoms with Crippen LogP contribution in [0, 0.1) is 13.8 Å². The molecule has 0 fully saturated rings. The number of aliphatic carboxylic acids is 1. The van der Waals surface area contributed by atoms with Crippen LogP contribution >= 0.6 is 0 Å². The van der Waals surface area contributed by atoms with E-state index in [-0.39, 0.29) is 6.42 Å². The van der Waals surface area contributed by atoms with Gasteiger partial charge in [0.1, 0.15) is 11.8 Å². The molecule has 16 heavy (non-hydrogen) atoms. The largest absolute Gasteiger partial charge is 0.496 e. The Morgan fingerprint density at radius 1 is 1.62 bits per heavy atom. The van der Waals surface area contributed by atoms with Gasteiger partial charge in [0.25, 0.3) is 0 Å². The van der Waals surface area contributed by atoms with Crippen LogP contribution in [0.2, 0.25) is 0 Å². The van der Waals surface area contributed by atoms with E-state index in [4.69, 9.17) is 15.6 Å². The molecular weight excluding hydrogens is 208 g/mol. The Labute approximate surface area is 94.2 Å². The molecule has 0 amide bonds. The molecule has 0 aliphatic heterocycles. The van der Waals surface area contributed by atoms with E-state index in [9.17, 15) is 4.79 Å². The average Bonchev–Trinajstić information content (AvgIpc) is 2.22. The quantitative estimate of drug-likeness (QED) is 0.784. The van der Waals surface area contributed by atoms with Crippen LogP contribution < -0.4 is 10.5 Å². The molecule has 1 aromatic rings. The highest BCUT2D eigenvalue weighted by molar-refractivity contribution is 5.73. The van der Waals surface area contributed by atoms with Gasteiger partial charge in [0, 0.05) is 29.4 Å². The summed E-state index contributed by atoms with van der Waals surface area (Å²) in [4.78, 5) is 14.8. The highest BCUT2D eigenvalue weighted by atomic mass is 16.5. The first-order chi connectivity index (χ1) is 7.47. The second-order valence-corrected chi connectivity index (χ2v) is 3.70. The van der Waals surface area contributed by atoms with E-state index in [1.165, 1.54) is 0 Å². The van der Waals surface area contributed by atoms with Crippen molar-refractivity contribution in [2.24, 2.45) is 5.73 Å². The Morgan fingerprint density at radius 2 is 2.25 bits per heavy atom. The van der Waals surface area contributed by atoms with Crippen molar-refractivity contribution in [1.29, 1.82) is 0 Å². The molecule has 0 bridgehead atoms. The molecule has 3 N–H and O–H groups in total. The van der Waals surface area contributed by atoms with E-state index in [0.717, 1.165) is 16.9 Å². The molecule has 0 aromatic carbocycles. The number of aryl methyl sites for hydroxylation is 1. The lowest BCUT2D eigenvalue weighted by Crippen LogP contribution is -2.32. The smallest absolute Gasteiger partial charge is 0.320 e. The lowest BCUT2D eigenvalue weighted by atomic mass is 10.1. The van der Waals surface area contributed by atoms with E-state index in [1.807, 2.05) is 13.8 Å². The molecule has 0 saturated carbocycles. The summed E-state index contributed by atoms with van der Waals surface area (Å²) in [5.41, 5.74) is 7.90. The van der Waals surface area contributed by atoms with Crippen molar-refractivity contribution in [1.82, 2.24) is 4.98 Å². The molecule has 0 radical (unpaired) electrons. The van der Waals surface area contributed by atoms with Crippen LogP contribution in [0.15, 0.2) is 6.20 Å². The fraction of sp³-hybridized carbons (Fsp3) is 0.455. The number of nitrogens with two attached hydrogens (primary N) is 1. The number of nitrogens with zero attached hydrogens (tertiary/aromatic N) is 1. The summed E-state index contributed by atoms with van der Waals surface area (Å²) in [6, 6.07) is -0.932. The number of carboxylic acid groups (broad SMARTS) is 1. The molecule has 1 rings (SSSR count). The summed E-state index contributed by atoms with van der Waals surface area (Å²) in [5, 5.41) is 8.73. The molecular formula is C11H16N2O3. The molecule has 0 saturated heterocycles. The van der Waals surface area contributed by atoms with E-state index in [1.54, 1.807) is 13.3 Å². The van der Waals surface area contributed by atoms with Gasteiger partial charge in [-0.05, 0) is 13.8 Å². The highest BCUT2D eigenvalue weighted by Gasteiger charge is 2.16.